The first-order chi connectivity index (χ1) is 15.5. The van der Waals surface area contributed by atoms with Crippen LogP contribution in [0.2, 0.25) is 0 Å². The molecule has 0 spiro atoms. The van der Waals surface area contributed by atoms with E-state index in [2.05, 4.69) is 0 Å². The van der Waals surface area contributed by atoms with E-state index >= 15 is 0 Å². The predicted molar refractivity (Wildman–Crippen MR) is 130 cm³/mol. The van der Waals surface area contributed by atoms with Gasteiger partial charge in [-0.25, -0.2) is 9.59 Å². The van der Waals surface area contributed by atoms with E-state index in [9.17, 15) is 22.9 Å². The van der Waals surface area contributed by atoms with Crippen LogP contribution in [-0.2, 0) is 3.07 Å². The number of carboxylic acid groups (broad SMARTS) is 2. The fourth-order valence-electron chi connectivity index (χ4n) is 3.87. The largest absolute Gasteiger partial charge is 0.478 e. The van der Waals surface area contributed by atoms with Crippen LogP contribution in [0.3, 0.4) is 0 Å². The highest BCUT2D eigenvalue weighted by Gasteiger charge is 2.32. The maximum Gasteiger partial charge on any atom is 0.337 e. The lowest BCUT2D eigenvalue weighted by Gasteiger charge is -2.22. The molecule has 0 amide bonds. The highest BCUT2D eigenvalue weighted by molar-refractivity contribution is 14.1. The molecule has 6 heteroatoms. The van der Waals surface area contributed by atoms with Gasteiger partial charge in [0.15, 0.2) is 21.2 Å². The molecular formula is C26H17IO5. The summed E-state index contributed by atoms with van der Waals surface area (Å²) in [6.07, 6.45) is 0. The SMILES string of the molecule is O=Ic1c(C(=O)O)c(-c2ccccc2)c(-c2ccccc2)c(C(=O)O)c1-c1ccccc1. The predicted octanol–water partition coefficient (Wildman–Crippen LogP) is 6.57. The molecule has 0 saturated heterocycles. The molecule has 0 saturated carbocycles. The molecule has 5 nitrogen and oxygen atoms in total. The van der Waals surface area contributed by atoms with Gasteiger partial charge < -0.3 is 10.2 Å². The van der Waals surface area contributed by atoms with Crippen molar-refractivity contribution < 1.29 is 22.9 Å². The topological polar surface area (TPSA) is 91.7 Å². The third kappa shape index (κ3) is 3.85. The fraction of sp³-hybridized carbons (Fsp3) is 0. The van der Waals surface area contributed by atoms with Crippen molar-refractivity contribution >= 4 is 33.1 Å². The molecule has 4 aromatic carbocycles. The van der Waals surface area contributed by atoms with Crippen LogP contribution in [0.4, 0.5) is 0 Å². The first-order valence-electron chi connectivity index (χ1n) is 9.68. The van der Waals surface area contributed by atoms with Gasteiger partial charge in [0.05, 0.1) is 14.7 Å². The van der Waals surface area contributed by atoms with Gasteiger partial charge in [-0.1, -0.05) is 91.0 Å². The molecule has 0 heterocycles. The van der Waals surface area contributed by atoms with E-state index in [0.29, 0.717) is 22.3 Å². The summed E-state index contributed by atoms with van der Waals surface area (Å²) >= 11 is -2.02. The second kappa shape index (κ2) is 9.23. The summed E-state index contributed by atoms with van der Waals surface area (Å²) in [6, 6.07) is 26.3. The van der Waals surface area contributed by atoms with Crippen LogP contribution in [0.5, 0.6) is 0 Å². The molecular weight excluding hydrogens is 519 g/mol. The van der Waals surface area contributed by atoms with Crippen molar-refractivity contribution in [2.75, 3.05) is 0 Å². The molecule has 2 N–H and O–H groups in total. The lowest BCUT2D eigenvalue weighted by Crippen LogP contribution is -2.13. The molecule has 0 bridgehead atoms. The lowest BCUT2D eigenvalue weighted by molar-refractivity contribution is 0.0682. The minimum absolute atomic E-state index is 0.0585. The van der Waals surface area contributed by atoms with E-state index in [1.165, 1.54) is 0 Å². The Morgan fingerprint density at radius 2 is 0.875 bits per heavy atom. The summed E-state index contributed by atoms with van der Waals surface area (Å²) in [7, 11) is 0. The van der Waals surface area contributed by atoms with Crippen molar-refractivity contribution in [3.8, 4) is 33.4 Å². The summed E-state index contributed by atoms with van der Waals surface area (Å²) in [5.41, 5.74) is 2.18. The molecule has 0 unspecified atom stereocenters. The zero-order chi connectivity index (χ0) is 22.7. The lowest BCUT2D eigenvalue weighted by atomic mass is 9.82. The van der Waals surface area contributed by atoms with Gasteiger partial charge in [0.25, 0.3) is 0 Å². The number of aromatic carboxylic acids is 2. The Labute approximate surface area is 194 Å². The standard InChI is InChI=1S/C26H17IO5/c28-25(29)22-19(16-10-4-1-5-11-16)20(17-12-6-2-7-13-17)23(26(30)31)24(27-32)21(22)18-14-8-3-9-15-18/h1-15H,(H,28,29)(H,30,31). The monoisotopic (exact) mass is 536 g/mol. The van der Waals surface area contributed by atoms with Crippen molar-refractivity contribution in [3.63, 3.8) is 0 Å². The Hall–Kier alpha value is -3.65. The van der Waals surface area contributed by atoms with Crippen molar-refractivity contribution in [1.82, 2.24) is 0 Å². The Bertz CT molecular complexity index is 1320. The van der Waals surface area contributed by atoms with Crippen LogP contribution < -0.4 is 0 Å². The second-order valence-electron chi connectivity index (χ2n) is 6.97. The maximum atomic E-state index is 12.7. The number of hydrogen-bond donors (Lipinski definition) is 2. The van der Waals surface area contributed by atoms with Crippen molar-refractivity contribution in [2.45, 2.75) is 0 Å². The van der Waals surface area contributed by atoms with Crippen molar-refractivity contribution in [1.29, 1.82) is 0 Å². The summed E-state index contributed by atoms with van der Waals surface area (Å²) in [4.78, 5) is 25.2. The van der Waals surface area contributed by atoms with Gasteiger partial charge in [-0.3, -0.25) is 3.07 Å². The van der Waals surface area contributed by atoms with Crippen LogP contribution >= 0.6 is 21.2 Å². The van der Waals surface area contributed by atoms with Gasteiger partial charge in [-0.2, -0.15) is 0 Å². The number of hydrogen-bond acceptors (Lipinski definition) is 3. The molecule has 0 aliphatic rings. The average Bonchev–Trinajstić information content (AvgIpc) is 2.83. The highest BCUT2D eigenvalue weighted by atomic mass is 127. The minimum Gasteiger partial charge on any atom is -0.478 e. The molecule has 0 aliphatic carbocycles. The third-order valence-corrected chi connectivity index (χ3v) is 6.65. The molecule has 4 rings (SSSR count). The number of benzene rings is 4. The van der Waals surface area contributed by atoms with E-state index in [4.69, 9.17) is 0 Å². The van der Waals surface area contributed by atoms with Gasteiger partial charge in [-0.15, -0.1) is 0 Å². The van der Waals surface area contributed by atoms with Gasteiger partial charge in [0.1, 0.15) is 0 Å². The molecule has 32 heavy (non-hydrogen) atoms. The molecule has 0 atom stereocenters. The Balaban J connectivity index is 2.33. The first kappa shape index (κ1) is 21.6. The molecule has 158 valence electrons. The molecule has 4 aromatic rings. The third-order valence-electron chi connectivity index (χ3n) is 5.13. The zero-order valence-electron chi connectivity index (χ0n) is 16.7. The van der Waals surface area contributed by atoms with E-state index in [0.717, 1.165) is 0 Å². The number of carboxylic acids is 2. The Kier molecular flexibility index (Phi) is 6.23. The van der Waals surface area contributed by atoms with E-state index < -0.39 is 33.1 Å². The van der Waals surface area contributed by atoms with Crippen LogP contribution in [-0.4, -0.2) is 22.2 Å². The molecule has 0 aliphatic heterocycles. The van der Waals surface area contributed by atoms with Crippen molar-refractivity contribution in [3.05, 3.63) is 106 Å². The van der Waals surface area contributed by atoms with E-state index in [1.54, 1.807) is 91.0 Å². The Morgan fingerprint density at radius 3 is 1.22 bits per heavy atom. The molecule has 0 radical (unpaired) electrons. The molecule has 0 fully saturated rings. The average molecular weight is 536 g/mol. The smallest absolute Gasteiger partial charge is 0.337 e. The number of rotatable bonds is 6. The first-order valence-corrected chi connectivity index (χ1v) is 11.6. The second-order valence-corrected chi connectivity index (χ2v) is 8.49. The summed E-state index contributed by atoms with van der Waals surface area (Å²) < 4.78 is 12.6. The summed E-state index contributed by atoms with van der Waals surface area (Å²) in [6.45, 7) is 0. The van der Waals surface area contributed by atoms with Crippen LogP contribution in [0.25, 0.3) is 33.4 Å². The van der Waals surface area contributed by atoms with Gasteiger partial charge >= 0.3 is 11.9 Å². The molecule has 0 aromatic heterocycles. The minimum atomic E-state index is -2.02. The van der Waals surface area contributed by atoms with Gasteiger partial charge in [-0.05, 0) is 16.7 Å². The van der Waals surface area contributed by atoms with Crippen molar-refractivity contribution in [2.24, 2.45) is 0 Å². The quantitative estimate of drug-likeness (QED) is 0.272. The summed E-state index contributed by atoms with van der Waals surface area (Å²) in [5, 5.41) is 20.6. The highest BCUT2D eigenvalue weighted by Crippen LogP contribution is 2.46. The van der Waals surface area contributed by atoms with Gasteiger partial charge in [0.2, 0.25) is 0 Å². The maximum absolute atomic E-state index is 12.7. The number of halogens is 1. The van der Waals surface area contributed by atoms with Gasteiger partial charge in [0, 0.05) is 16.7 Å². The van der Waals surface area contributed by atoms with Crippen LogP contribution in [0.15, 0.2) is 91.0 Å². The Morgan fingerprint density at radius 1 is 0.531 bits per heavy atom. The normalized spacial score (nSPS) is 10.6. The zero-order valence-corrected chi connectivity index (χ0v) is 18.8. The van der Waals surface area contributed by atoms with Crippen LogP contribution in [0.1, 0.15) is 20.7 Å². The van der Waals surface area contributed by atoms with Crippen LogP contribution in [0, 0.1) is 3.57 Å². The van der Waals surface area contributed by atoms with E-state index in [-0.39, 0.29) is 25.8 Å². The van der Waals surface area contributed by atoms with E-state index in [1.807, 2.05) is 0 Å². The number of carbonyl (C=O) groups is 2. The fourth-order valence-corrected chi connectivity index (χ4v) is 5.40. The summed E-state index contributed by atoms with van der Waals surface area (Å²) in [5.74, 6) is -2.46.